The van der Waals surface area contributed by atoms with Gasteiger partial charge in [0.05, 0.1) is 0 Å². The number of carbonyl (C=O) groups excluding carboxylic acids is 1. The lowest BCUT2D eigenvalue weighted by Crippen LogP contribution is -2.55. The highest BCUT2D eigenvalue weighted by Gasteiger charge is 2.31. The maximum atomic E-state index is 12.8. The van der Waals surface area contributed by atoms with Crippen LogP contribution in [0.1, 0.15) is 41.8 Å². The number of anilines is 1. The maximum absolute atomic E-state index is 12.8. The van der Waals surface area contributed by atoms with Gasteiger partial charge in [-0.15, -0.1) is 0 Å². The topological polar surface area (TPSA) is 133 Å². The first-order valence-corrected chi connectivity index (χ1v) is 14.2. The first kappa shape index (κ1) is 28.1. The summed E-state index contributed by atoms with van der Waals surface area (Å²) in [5, 5.41) is 11.1. The van der Waals surface area contributed by atoms with Gasteiger partial charge in [0.1, 0.15) is 6.04 Å². The molecule has 1 fully saturated rings. The molecule has 0 saturated carbocycles. The summed E-state index contributed by atoms with van der Waals surface area (Å²) in [6.45, 7) is 5.16. The van der Waals surface area contributed by atoms with E-state index >= 15 is 0 Å². The molecule has 0 radical (unpaired) electrons. The Balaban J connectivity index is 1.39. The average molecular weight is 549 g/mol. The number of carbonyl (C=O) groups is 2. The molecule has 1 aliphatic heterocycles. The average Bonchev–Trinajstić information content (AvgIpc) is 2.91. The van der Waals surface area contributed by atoms with E-state index in [9.17, 15) is 23.1 Å². The molecule has 0 spiro atoms. The quantitative estimate of drug-likeness (QED) is 0.371. The number of rotatable bonds is 8. The van der Waals surface area contributed by atoms with Crippen LogP contribution in [-0.2, 0) is 15.0 Å². The third kappa shape index (κ3) is 6.95. The number of fused-ring (bicyclic) bond motifs is 1. The van der Waals surface area contributed by atoms with E-state index in [1.54, 1.807) is 12.1 Å². The molecule has 1 unspecified atom stereocenters. The van der Waals surface area contributed by atoms with Crippen LogP contribution in [0, 0.1) is 17.8 Å². The van der Waals surface area contributed by atoms with Crippen molar-refractivity contribution >= 4 is 38.5 Å². The lowest BCUT2D eigenvalue weighted by molar-refractivity contribution is -0.139. The summed E-state index contributed by atoms with van der Waals surface area (Å²) in [5.74, 6) is 4.67. The molecule has 3 aromatic rings. The summed E-state index contributed by atoms with van der Waals surface area (Å²) in [4.78, 5) is 25.3. The first-order chi connectivity index (χ1) is 18.5. The predicted molar refractivity (Wildman–Crippen MR) is 152 cm³/mol. The molecule has 0 aromatic heterocycles. The van der Waals surface area contributed by atoms with Crippen LogP contribution in [0.3, 0.4) is 0 Å². The van der Waals surface area contributed by atoms with Gasteiger partial charge >= 0.3 is 5.97 Å². The van der Waals surface area contributed by atoms with Crippen molar-refractivity contribution < 1.29 is 23.1 Å². The van der Waals surface area contributed by atoms with Gasteiger partial charge in [0, 0.05) is 48.6 Å². The van der Waals surface area contributed by atoms with Crippen molar-refractivity contribution in [3.05, 3.63) is 77.4 Å². The molecule has 1 saturated heterocycles. The largest absolute Gasteiger partial charge is 0.480 e. The SMILES string of the molecule is CC(C)CC(NS(=O)(=O)N1CCN(c2ccc(C#Cc3ccc4cccc(C(N)=O)c4c3)cc2)CC1)C(=O)O. The highest BCUT2D eigenvalue weighted by molar-refractivity contribution is 7.87. The molecular weight excluding hydrogens is 516 g/mol. The van der Waals surface area contributed by atoms with Gasteiger partial charge < -0.3 is 15.7 Å². The fourth-order valence-electron chi connectivity index (χ4n) is 4.58. The van der Waals surface area contributed by atoms with Crippen LogP contribution in [0.15, 0.2) is 60.7 Å². The maximum Gasteiger partial charge on any atom is 0.321 e. The summed E-state index contributed by atoms with van der Waals surface area (Å²) in [6, 6.07) is 17.7. The number of nitrogens with zero attached hydrogens (tertiary/aromatic N) is 2. The second-order valence-corrected chi connectivity index (χ2v) is 11.6. The summed E-state index contributed by atoms with van der Waals surface area (Å²) >= 11 is 0. The van der Waals surface area contributed by atoms with E-state index in [-0.39, 0.29) is 25.4 Å². The molecule has 9 nitrogen and oxygen atoms in total. The van der Waals surface area contributed by atoms with Crippen molar-refractivity contribution in [3.8, 4) is 11.8 Å². The second-order valence-electron chi connectivity index (χ2n) is 9.93. The van der Waals surface area contributed by atoms with E-state index in [2.05, 4.69) is 21.5 Å². The second kappa shape index (κ2) is 11.9. The minimum absolute atomic E-state index is 0.0422. The van der Waals surface area contributed by atoms with E-state index in [0.717, 1.165) is 27.6 Å². The van der Waals surface area contributed by atoms with Gasteiger partial charge in [-0.25, -0.2) is 0 Å². The summed E-state index contributed by atoms with van der Waals surface area (Å²) in [6.07, 6.45) is 0.221. The molecule has 1 aliphatic rings. The number of piperazine rings is 1. The van der Waals surface area contributed by atoms with E-state index < -0.39 is 28.1 Å². The number of hydrogen-bond donors (Lipinski definition) is 3. The van der Waals surface area contributed by atoms with Gasteiger partial charge in [-0.2, -0.15) is 17.4 Å². The summed E-state index contributed by atoms with van der Waals surface area (Å²) in [7, 11) is -3.91. The lowest BCUT2D eigenvalue weighted by atomic mass is 10.0. The van der Waals surface area contributed by atoms with Crippen molar-refractivity contribution in [2.75, 3.05) is 31.1 Å². The Morgan fingerprint density at radius 3 is 2.23 bits per heavy atom. The standard InChI is InChI=1S/C29H32N4O5S/c1-20(2)18-27(29(35)36)31-39(37,38)33-16-14-32(15-17-33)24-12-9-21(10-13-24)6-7-22-8-11-23-4-3-5-25(28(30)34)26(23)19-22/h3-5,8-13,19-20,27,31H,14-18H2,1-2H3,(H2,30,34)(H,35,36). The molecule has 1 atom stereocenters. The predicted octanol–water partition coefficient (Wildman–Crippen LogP) is 2.79. The molecule has 10 heteroatoms. The van der Waals surface area contributed by atoms with E-state index in [1.807, 2.05) is 62.4 Å². The fraction of sp³-hybridized carbons (Fsp3) is 0.310. The number of carboxylic acid groups (broad SMARTS) is 1. The summed E-state index contributed by atoms with van der Waals surface area (Å²) < 4.78 is 29.2. The molecular formula is C29H32N4O5S. The van der Waals surface area contributed by atoms with Crippen LogP contribution in [0.5, 0.6) is 0 Å². The highest BCUT2D eigenvalue weighted by atomic mass is 32.2. The zero-order valence-corrected chi connectivity index (χ0v) is 22.7. The number of amides is 1. The molecule has 4 rings (SSSR count). The van der Waals surface area contributed by atoms with Gasteiger partial charge in [0.2, 0.25) is 5.91 Å². The number of primary amides is 1. The minimum atomic E-state index is -3.91. The Bertz CT molecular complexity index is 1530. The van der Waals surface area contributed by atoms with Crippen LogP contribution in [-0.4, -0.2) is 61.9 Å². The van der Waals surface area contributed by atoms with Gasteiger partial charge in [-0.05, 0) is 65.6 Å². The Morgan fingerprint density at radius 1 is 0.974 bits per heavy atom. The number of carboxylic acids is 1. The number of nitrogens with two attached hydrogens (primary N) is 1. The smallest absolute Gasteiger partial charge is 0.321 e. The number of nitrogens with one attached hydrogen (secondary N) is 1. The van der Waals surface area contributed by atoms with Crippen molar-refractivity contribution in [3.63, 3.8) is 0 Å². The normalized spacial score (nSPS) is 15.1. The zero-order valence-electron chi connectivity index (χ0n) is 21.9. The van der Waals surface area contributed by atoms with Gasteiger partial charge in [-0.3, -0.25) is 9.59 Å². The van der Waals surface area contributed by atoms with Crippen LogP contribution in [0.25, 0.3) is 10.8 Å². The molecule has 4 N–H and O–H groups in total. The molecule has 39 heavy (non-hydrogen) atoms. The fourth-order valence-corrected chi connectivity index (χ4v) is 5.93. The van der Waals surface area contributed by atoms with Crippen LogP contribution in [0.4, 0.5) is 5.69 Å². The van der Waals surface area contributed by atoms with E-state index in [4.69, 9.17) is 5.73 Å². The van der Waals surface area contributed by atoms with Crippen molar-refractivity contribution in [2.24, 2.45) is 11.7 Å². The number of benzene rings is 3. The molecule has 0 bridgehead atoms. The van der Waals surface area contributed by atoms with Gasteiger partial charge in [-0.1, -0.05) is 43.9 Å². The monoisotopic (exact) mass is 548 g/mol. The number of aliphatic carboxylic acids is 1. The van der Waals surface area contributed by atoms with E-state index in [1.165, 1.54) is 4.31 Å². The van der Waals surface area contributed by atoms with Crippen LogP contribution >= 0.6 is 0 Å². The first-order valence-electron chi connectivity index (χ1n) is 12.7. The van der Waals surface area contributed by atoms with Crippen LogP contribution < -0.4 is 15.4 Å². The van der Waals surface area contributed by atoms with E-state index in [0.29, 0.717) is 18.7 Å². The Morgan fingerprint density at radius 2 is 1.62 bits per heavy atom. The number of hydrogen-bond acceptors (Lipinski definition) is 5. The minimum Gasteiger partial charge on any atom is -0.480 e. The third-order valence-corrected chi connectivity index (χ3v) is 8.23. The van der Waals surface area contributed by atoms with Gasteiger partial charge in [0.15, 0.2) is 0 Å². The van der Waals surface area contributed by atoms with Gasteiger partial charge in [0.25, 0.3) is 10.2 Å². The molecule has 0 aliphatic carbocycles. The zero-order chi connectivity index (χ0) is 28.2. The Kier molecular flexibility index (Phi) is 8.55. The molecule has 1 heterocycles. The van der Waals surface area contributed by atoms with Crippen molar-refractivity contribution in [1.82, 2.24) is 9.03 Å². The van der Waals surface area contributed by atoms with Crippen molar-refractivity contribution in [2.45, 2.75) is 26.3 Å². The lowest BCUT2D eigenvalue weighted by Gasteiger charge is -2.35. The van der Waals surface area contributed by atoms with Crippen molar-refractivity contribution in [1.29, 1.82) is 0 Å². The highest BCUT2D eigenvalue weighted by Crippen LogP contribution is 2.21. The molecule has 1 amide bonds. The Labute approximate surface area is 228 Å². The van der Waals surface area contributed by atoms with Crippen LogP contribution in [0.2, 0.25) is 0 Å². The molecule has 3 aromatic carbocycles. The molecule has 204 valence electrons. The summed E-state index contributed by atoms with van der Waals surface area (Å²) in [5.41, 5.74) is 8.50. The Hall–Kier alpha value is -3.91. The third-order valence-electron chi connectivity index (χ3n) is 6.61.